The van der Waals surface area contributed by atoms with Gasteiger partial charge in [0.25, 0.3) is 0 Å². The molecule has 0 bridgehead atoms. The molecule has 8 heavy (non-hydrogen) atoms. The number of aliphatic hydroxyl groups excluding tert-OH is 2. The van der Waals surface area contributed by atoms with Crippen LogP contribution in [-0.4, -0.2) is 27.9 Å². The molecule has 2 N–H and O–H groups in total. The number of aliphatic hydroxyl groups is 2. The van der Waals surface area contributed by atoms with E-state index < -0.39 is 11.5 Å². The lowest BCUT2D eigenvalue weighted by atomic mass is 10.2. The molecule has 1 saturated heterocycles. The molecular weight excluding hydrogens is 128 g/mol. The van der Waals surface area contributed by atoms with Crippen molar-refractivity contribution in [1.82, 2.24) is 0 Å². The minimum Gasteiger partial charge on any atom is -0.387 e. The maximum Gasteiger partial charge on any atom is 0.153 e. The summed E-state index contributed by atoms with van der Waals surface area (Å²) in [5.41, 5.74) is -0.759. The third-order valence-electron chi connectivity index (χ3n) is 1.08. The van der Waals surface area contributed by atoms with Crippen LogP contribution in [0.1, 0.15) is 6.92 Å². The summed E-state index contributed by atoms with van der Waals surface area (Å²) in [5.74, 6) is 0. The van der Waals surface area contributed by atoms with Crippen molar-refractivity contribution in [1.29, 1.82) is 0 Å². The van der Waals surface area contributed by atoms with Gasteiger partial charge in [-0.15, -0.1) is 0 Å². The van der Waals surface area contributed by atoms with Gasteiger partial charge in [-0.05, 0) is 6.92 Å². The molecule has 0 spiro atoms. The molecule has 2 unspecified atom stereocenters. The van der Waals surface area contributed by atoms with Crippen LogP contribution in [-0.2, 0) is 4.18 Å². The van der Waals surface area contributed by atoms with Crippen LogP contribution in [0.5, 0.6) is 0 Å². The van der Waals surface area contributed by atoms with Crippen molar-refractivity contribution in [2.75, 3.05) is 0 Å². The van der Waals surface area contributed by atoms with E-state index in [1.807, 2.05) is 0 Å². The summed E-state index contributed by atoms with van der Waals surface area (Å²) in [4.78, 5) is 0. The number of hydrogen-bond acceptors (Lipinski definition) is 4. The summed E-state index contributed by atoms with van der Waals surface area (Å²) in [6, 6.07) is 0. The first-order valence-electron chi connectivity index (χ1n) is 2.40. The van der Waals surface area contributed by atoms with Gasteiger partial charge in [-0.3, -0.25) is 0 Å². The Morgan fingerprint density at radius 2 is 2.12 bits per heavy atom. The van der Waals surface area contributed by atoms with Gasteiger partial charge in [-0.25, -0.2) is 0 Å². The Morgan fingerprint density at radius 3 is 2.25 bits per heavy atom. The number of rotatable bonds is 0. The summed E-state index contributed by atoms with van der Waals surface area (Å²) in [7, 11) is 0. The molecule has 48 valence electrons. The SMILES string of the molecule is CC1OS[C@@H](O)C1O. The maximum atomic E-state index is 8.87. The summed E-state index contributed by atoms with van der Waals surface area (Å²) in [5, 5.41) is 17.6. The van der Waals surface area contributed by atoms with E-state index in [0.29, 0.717) is 0 Å². The fourth-order valence-electron chi connectivity index (χ4n) is 0.490. The van der Waals surface area contributed by atoms with Crippen LogP contribution in [0.2, 0.25) is 0 Å². The van der Waals surface area contributed by atoms with Gasteiger partial charge in [0.1, 0.15) is 6.10 Å². The molecule has 4 heteroatoms. The number of hydrogen-bond donors (Lipinski definition) is 2. The second-order valence-corrected chi connectivity index (χ2v) is 2.65. The lowest BCUT2D eigenvalue weighted by molar-refractivity contribution is 0.0318. The first kappa shape index (κ1) is 6.35. The molecule has 0 radical (unpaired) electrons. The van der Waals surface area contributed by atoms with Crippen LogP contribution < -0.4 is 0 Å². The van der Waals surface area contributed by atoms with Crippen LogP contribution in [0.15, 0.2) is 0 Å². The maximum absolute atomic E-state index is 8.87. The van der Waals surface area contributed by atoms with E-state index in [1.165, 1.54) is 0 Å². The molecule has 0 aromatic heterocycles. The Kier molecular flexibility index (Phi) is 1.77. The van der Waals surface area contributed by atoms with Crippen molar-refractivity contribution in [3.63, 3.8) is 0 Å². The Labute approximate surface area is 51.9 Å². The first-order valence-corrected chi connectivity index (χ1v) is 3.20. The highest BCUT2D eigenvalue weighted by atomic mass is 32.2. The van der Waals surface area contributed by atoms with Crippen molar-refractivity contribution in [3.8, 4) is 0 Å². The topological polar surface area (TPSA) is 49.7 Å². The van der Waals surface area contributed by atoms with E-state index in [1.54, 1.807) is 6.92 Å². The van der Waals surface area contributed by atoms with Crippen molar-refractivity contribution in [3.05, 3.63) is 0 Å². The zero-order valence-electron chi connectivity index (χ0n) is 4.44. The average Bonchev–Trinajstić information content (AvgIpc) is 1.98. The van der Waals surface area contributed by atoms with E-state index in [9.17, 15) is 0 Å². The van der Waals surface area contributed by atoms with Crippen molar-refractivity contribution in [2.45, 2.75) is 24.6 Å². The molecule has 1 aliphatic heterocycles. The highest BCUT2D eigenvalue weighted by Gasteiger charge is 2.32. The Balaban J connectivity index is 2.44. The smallest absolute Gasteiger partial charge is 0.153 e. The lowest BCUT2D eigenvalue weighted by Crippen LogP contribution is -2.25. The van der Waals surface area contributed by atoms with Crippen molar-refractivity contribution >= 4 is 12.0 Å². The monoisotopic (exact) mass is 136 g/mol. The van der Waals surface area contributed by atoms with Gasteiger partial charge in [0, 0.05) is 12.0 Å². The zero-order chi connectivity index (χ0) is 6.15. The molecule has 0 aromatic rings. The minimum atomic E-state index is -0.759. The van der Waals surface area contributed by atoms with Gasteiger partial charge in [0.2, 0.25) is 0 Å². The molecule has 0 aromatic carbocycles. The van der Waals surface area contributed by atoms with Crippen molar-refractivity contribution in [2.24, 2.45) is 0 Å². The molecular formula is C4H8O3S. The zero-order valence-corrected chi connectivity index (χ0v) is 5.26. The average molecular weight is 136 g/mol. The van der Waals surface area contributed by atoms with Crippen molar-refractivity contribution < 1.29 is 14.4 Å². The van der Waals surface area contributed by atoms with Crippen LogP contribution in [0.3, 0.4) is 0 Å². The van der Waals surface area contributed by atoms with E-state index in [2.05, 4.69) is 0 Å². The highest BCUT2D eigenvalue weighted by molar-refractivity contribution is 7.95. The van der Waals surface area contributed by atoms with Gasteiger partial charge < -0.3 is 14.4 Å². The largest absolute Gasteiger partial charge is 0.387 e. The van der Waals surface area contributed by atoms with Crippen LogP contribution in [0.25, 0.3) is 0 Å². The first-order chi connectivity index (χ1) is 3.72. The summed E-state index contributed by atoms with van der Waals surface area (Å²) in [6.45, 7) is 1.72. The van der Waals surface area contributed by atoms with E-state index in [-0.39, 0.29) is 6.10 Å². The van der Waals surface area contributed by atoms with E-state index >= 15 is 0 Å². The fraction of sp³-hybridized carbons (Fsp3) is 1.00. The Bertz CT molecular complexity index is 77.4. The standard InChI is InChI=1S/C4H8O3S/c1-2-3(5)4(6)8-7-2/h2-6H,1H3/t2?,3?,4-/m1/s1. The summed E-state index contributed by atoms with van der Waals surface area (Å²) < 4.78 is 4.79. The quantitative estimate of drug-likeness (QED) is 0.450. The fourth-order valence-corrected chi connectivity index (χ4v) is 1.23. The Hall–Kier alpha value is 0.230. The molecule has 0 aliphatic carbocycles. The van der Waals surface area contributed by atoms with E-state index in [4.69, 9.17) is 14.4 Å². The molecule has 1 aliphatic rings. The highest BCUT2D eigenvalue weighted by Crippen LogP contribution is 2.27. The predicted molar refractivity (Wildman–Crippen MR) is 30.2 cm³/mol. The van der Waals surface area contributed by atoms with Gasteiger partial charge >= 0.3 is 0 Å². The minimum absolute atomic E-state index is 0.241. The molecule has 0 saturated carbocycles. The molecule has 0 amide bonds. The van der Waals surface area contributed by atoms with Crippen LogP contribution >= 0.6 is 12.0 Å². The third-order valence-corrected chi connectivity index (χ3v) is 1.97. The van der Waals surface area contributed by atoms with E-state index in [0.717, 1.165) is 12.0 Å². The van der Waals surface area contributed by atoms with Gasteiger partial charge in [0.05, 0.1) is 6.10 Å². The molecule has 1 heterocycles. The third kappa shape index (κ3) is 0.974. The predicted octanol–water partition coefficient (Wildman–Crippen LogP) is -0.267. The molecule has 1 fully saturated rings. The second kappa shape index (κ2) is 2.23. The Morgan fingerprint density at radius 1 is 1.50 bits per heavy atom. The van der Waals surface area contributed by atoms with Gasteiger partial charge in [-0.1, -0.05) is 0 Å². The summed E-state index contributed by atoms with van der Waals surface area (Å²) >= 11 is 0.919. The molecule has 3 nitrogen and oxygen atoms in total. The molecule has 3 atom stereocenters. The van der Waals surface area contributed by atoms with Crippen LogP contribution in [0, 0.1) is 0 Å². The van der Waals surface area contributed by atoms with Gasteiger partial charge in [0.15, 0.2) is 5.44 Å². The normalized spacial score (nSPS) is 47.6. The lowest BCUT2D eigenvalue weighted by Gasteiger charge is -2.05. The van der Waals surface area contributed by atoms with Crippen LogP contribution in [0.4, 0.5) is 0 Å². The second-order valence-electron chi connectivity index (χ2n) is 1.78. The molecule has 1 rings (SSSR count). The summed E-state index contributed by atoms with van der Waals surface area (Å²) in [6.07, 6.45) is -0.963. The van der Waals surface area contributed by atoms with Gasteiger partial charge in [-0.2, -0.15) is 0 Å².